The summed E-state index contributed by atoms with van der Waals surface area (Å²) in [4.78, 5) is 23.0. The normalized spacial score (nSPS) is 16.4. The second-order valence-electron chi connectivity index (χ2n) is 4.35. The smallest absolute Gasteiger partial charge is 0.326 e. The lowest BCUT2D eigenvalue weighted by molar-refractivity contribution is -0.139. The Morgan fingerprint density at radius 1 is 1.50 bits per heavy atom. The van der Waals surface area contributed by atoms with Gasteiger partial charge in [0, 0.05) is 7.05 Å². The summed E-state index contributed by atoms with van der Waals surface area (Å²) in [6.45, 7) is 0. The Balaban J connectivity index is 2.15. The zero-order valence-corrected chi connectivity index (χ0v) is 11.1. The summed E-state index contributed by atoms with van der Waals surface area (Å²) >= 11 is 11.7. The maximum absolute atomic E-state index is 12.0. The van der Waals surface area contributed by atoms with Crippen LogP contribution in [0.4, 0.5) is 0 Å². The maximum Gasteiger partial charge on any atom is 0.326 e. The highest BCUT2D eigenvalue weighted by Gasteiger charge is 2.37. The molecule has 0 aliphatic heterocycles. The summed E-state index contributed by atoms with van der Waals surface area (Å²) < 4.78 is 1.42. The lowest BCUT2D eigenvalue weighted by Gasteiger charge is -2.13. The molecule has 0 spiro atoms. The minimum Gasteiger partial charge on any atom is -0.480 e. The minimum atomic E-state index is -1.02. The van der Waals surface area contributed by atoms with Crippen molar-refractivity contribution in [2.24, 2.45) is 13.0 Å². The Hall–Kier alpha value is -1.20. The van der Waals surface area contributed by atoms with Crippen LogP contribution in [0.25, 0.3) is 0 Å². The van der Waals surface area contributed by atoms with Crippen LogP contribution in [0.3, 0.4) is 0 Å². The number of carbonyl (C=O) groups excluding carboxylic acids is 1. The number of rotatable bonds is 4. The van der Waals surface area contributed by atoms with Crippen LogP contribution in [0.1, 0.15) is 23.3 Å². The maximum atomic E-state index is 12.0. The van der Waals surface area contributed by atoms with Crippen LogP contribution in [0.15, 0.2) is 6.07 Å². The van der Waals surface area contributed by atoms with Gasteiger partial charge in [-0.2, -0.15) is 0 Å². The highest BCUT2D eigenvalue weighted by molar-refractivity contribution is 6.41. The van der Waals surface area contributed by atoms with E-state index < -0.39 is 17.9 Å². The molecule has 1 aliphatic rings. The quantitative estimate of drug-likeness (QED) is 0.890. The summed E-state index contributed by atoms with van der Waals surface area (Å²) in [5.74, 6) is -1.47. The third kappa shape index (κ3) is 2.47. The number of amides is 1. The molecule has 0 saturated heterocycles. The van der Waals surface area contributed by atoms with E-state index in [0.29, 0.717) is 0 Å². The van der Waals surface area contributed by atoms with Crippen LogP contribution in [-0.2, 0) is 11.8 Å². The molecule has 1 atom stereocenters. The third-order valence-corrected chi connectivity index (χ3v) is 3.84. The van der Waals surface area contributed by atoms with Crippen molar-refractivity contribution in [2.45, 2.75) is 18.9 Å². The van der Waals surface area contributed by atoms with Crippen LogP contribution < -0.4 is 5.32 Å². The van der Waals surface area contributed by atoms with Gasteiger partial charge >= 0.3 is 5.97 Å². The van der Waals surface area contributed by atoms with Gasteiger partial charge in [-0.25, -0.2) is 4.79 Å². The molecule has 1 heterocycles. The van der Waals surface area contributed by atoms with Gasteiger partial charge in [0.05, 0.1) is 5.02 Å². The molecule has 7 heteroatoms. The number of hydrogen-bond acceptors (Lipinski definition) is 2. The van der Waals surface area contributed by atoms with Gasteiger partial charge in [-0.15, -0.1) is 0 Å². The number of halogens is 2. The molecule has 2 rings (SSSR count). The van der Waals surface area contributed by atoms with Crippen molar-refractivity contribution in [3.05, 3.63) is 21.9 Å². The lowest BCUT2D eigenvalue weighted by Crippen LogP contribution is -2.42. The van der Waals surface area contributed by atoms with Gasteiger partial charge in [-0.3, -0.25) is 4.79 Å². The predicted octanol–water partition coefficient (Wildman–Crippen LogP) is 1.92. The predicted molar refractivity (Wildman–Crippen MR) is 67.0 cm³/mol. The number of carbonyl (C=O) groups is 2. The summed E-state index contributed by atoms with van der Waals surface area (Å²) in [6.07, 6.45) is 1.65. The van der Waals surface area contributed by atoms with Gasteiger partial charge in [0.25, 0.3) is 5.91 Å². The van der Waals surface area contributed by atoms with E-state index in [1.807, 2.05) is 0 Å². The molecule has 1 unspecified atom stereocenters. The van der Waals surface area contributed by atoms with E-state index in [1.165, 1.54) is 10.6 Å². The van der Waals surface area contributed by atoms with Crippen molar-refractivity contribution in [1.82, 2.24) is 9.88 Å². The van der Waals surface area contributed by atoms with E-state index in [4.69, 9.17) is 28.3 Å². The number of hydrogen-bond donors (Lipinski definition) is 2. The molecule has 0 radical (unpaired) electrons. The molecule has 0 aromatic carbocycles. The minimum absolute atomic E-state index is 0.0256. The number of aromatic nitrogens is 1. The lowest BCUT2D eigenvalue weighted by atomic mass is 10.2. The number of nitrogens with one attached hydrogen (secondary N) is 1. The van der Waals surface area contributed by atoms with E-state index in [9.17, 15) is 9.59 Å². The van der Waals surface area contributed by atoms with E-state index >= 15 is 0 Å². The Labute approximate surface area is 114 Å². The first-order valence-electron chi connectivity index (χ1n) is 5.46. The van der Waals surface area contributed by atoms with Gasteiger partial charge < -0.3 is 15.0 Å². The molecule has 1 aliphatic carbocycles. The second kappa shape index (κ2) is 4.82. The van der Waals surface area contributed by atoms with Gasteiger partial charge in [0.2, 0.25) is 0 Å². The zero-order chi connectivity index (χ0) is 13.4. The second-order valence-corrected chi connectivity index (χ2v) is 5.12. The average molecular weight is 291 g/mol. The molecule has 0 bridgehead atoms. The first kappa shape index (κ1) is 13.2. The molecule has 1 aromatic heterocycles. The first-order chi connectivity index (χ1) is 8.41. The third-order valence-electron chi connectivity index (χ3n) is 3.00. The molecule has 18 heavy (non-hydrogen) atoms. The molecule has 1 amide bonds. The molecule has 1 saturated carbocycles. The highest BCUT2D eigenvalue weighted by Crippen LogP contribution is 2.33. The molecule has 5 nitrogen and oxygen atoms in total. The van der Waals surface area contributed by atoms with Gasteiger partial charge in [0.15, 0.2) is 0 Å². The average Bonchev–Trinajstić information content (AvgIpc) is 3.10. The summed E-state index contributed by atoms with van der Waals surface area (Å²) in [5.41, 5.74) is 0.247. The SMILES string of the molecule is Cn1c(C(=O)NC(C(=O)O)C2CC2)cc(Cl)c1Cl. The number of carboxylic acids is 1. The summed E-state index contributed by atoms with van der Waals surface area (Å²) in [5, 5.41) is 12.1. The van der Waals surface area contributed by atoms with Crippen LogP contribution in [0, 0.1) is 5.92 Å². The molecule has 1 aromatic rings. The Morgan fingerprint density at radius 3 is 2.50 bits per heavy atom. The van der Waals surface area contributed by atoms with E-state index in [2.05, 4.69) is 5.32 Å². The first-order valence-corrected chi connectivity index (χ1v) is 6.21. The Kier molecular flexibility index (Phi) is 3.54. The zero-order valence-electron chi connectivity index (χ0n) is 9.61. The molecule has 2 N–H and O–H groups in total. The topological polar surface area (TPSA) is 71.3 Å². The molecular formula is C11H12Cl2N2O3. The van der Waals surface area contributed by atoms with Crippen LogP contribution >= 0.6 is 23.2 Å². The number of aliphatic carboxylic acids is 1. The van der Waals surface area contributed by atoms with Crippen molar-refractivity contribution in [1.29, 1.82) is 0 Å². The van der Waals surface area contributed by atoms with E-state index in [0.717, 1.165) is 12.8 Å². The number of nitrogens with zero attached hydrogens (tertiary/aromatic N) is 1. The van der Waals surface area contributed by atoms with Crippen molar-refractivity contribution in [2.75, 3.05) is 0 Å². The summed E-state index contributed by atoms with van der Waals surface area (Å²) in [6, 6.07) is 0.579. The van der Waals surface area contributed by atoms with Crippen molar-refractivity contribution < 1.29 is 14.7 Å². The largest absolute Gasteiger partial charge is 0.480 e. The Morgan fingerprint density at radius 2 is 2.11 bits per heavy atom. The highest BCUT2D eigenvalue weighted by atomic mass is 35.5. The van der Waals surface area contributed by atoms with Crippen LogP contribution in [0.5, 0.6) is 0 Å². The van der Waals surface area contributed by atoms with Crippen LogP contribution in [0.2, 0.25) is 10.2 Å². The fourth-order valence-electron chi connectivity index (χ4n) is 1.79. The van der Waals surface area contributed by atoms with Crippen molar-refractivity contribution in [3.63, 3.8) is 0 Å². The van der Waals surface area contributed by atoms with Crippen molar-refractivity contribution in [3.8, 4) is 0 Å². The van der Waals surface area contributed by atoms with Gasteiger partial charge in [-0.05, 0) is 24.8 Å². The van der Waals surface area contributed by atoms with E-state index in [-0.39, 0.29) is 21.8 Å². The monoisotopic (exact) mass is 290 g/mol. The van der Waals surface area contributed by atoms with Gasteiger partial charge in [0.1, 0.15) is 16.9 Å². The number of carboxylic acid groups (broad SMARTS) is 1. The van der Waals surface area contributed by atoms with Gasteiger partial charge in [-0.1, -0.05) is 23.2 Å². The standard InChI is InChI=1S/C11H12Cl2N2O3/c1-15-7(4-6(12)9(15)13)10(16)14-8(11(17)18)5-2-3-5/h4-5,8H,2-3H2,1H3,(H,14,16)(H,17,18). The van der Waals surface area contributed by atoms with Crippen molar-refractivity contribution >= 4 is 35.1 Å². The fraction of sp³-hybridized carbons (Fsp3) is 0.455. The fourth-order valence-corrected chi connectivity index (χ4v) is 2.16. The molecule has 98 valence electrons. The molecule has 1 fully saturated rings. The molecular weight excluding hydrogens is 279 g/mol. The van der Waals surface area contributed by atoms with Crippen LogP contribution in [-0.4, -0.2) is 27.6 Å². The Bertz CT molecular complexity index is 509. The van der Waals surface area contributed by atoms with E-state index in [1.54, 1.807) is 7.05 Å². The summed E-state index contributed by atoms with van der Waals surface area (Å²) in [7, 11) is 1.59.